The molecule has 1 rings (SSSR count). The molecule has 0 radical (unpaired) electrons. The molecule has 0 amide bonds. The van der Waals surface area contributed by atoms with E-state index < -0.39 is 10.8 Å². The number of nitrogens with one attached hydrogen (secondary N) is 1. The van der Waals surface area contributed by atoms with E-state index >= 15 is 0 Å². The van der Waals surface area contributed by atoms with E-state index in [1.165, 1.54) is 0 Å². The maximum Gasteiger partial charge on any atom is 0.158 e. The highest BCUT2D eigenvalue weighted by Gasteiger charge is 2.07. The molecule has 108 valence electrons. The summed E-state index contributed by atoms with van der Waals surface area (Å²) in [5.41, 5.74) is 0. The summed E-state index contributed by atoms with van der Waals surface area (Å²) in [7, 11) is -0.776. The number of hydrogen-bond donors (Lipinski definition) is 1. The summed E-state index contributed by atoms with van der Waals surface area (Å²) < 4.78 is 16.3. The number of rotatable bonds is 8. The SMILES string of the molecule is CCOCc1nc(Cl)cc(NC(C)CCS(C)=O)n1. The zero-order valence-electron chi connectivity index (χ0n) is 11.5. The van der Waals surface area contributed by atoms with Crippen molar-refractivity contribution in [2.75, 3.05) is 23.9 Å². The average Bonchev–Trinajstić information content (AvgIpc) is 2.33. The third-order valence-corrected chi connectivity index (χ3v) is 3.41. The molecule has 2 unspecified atom stereocenters. The second-order valence-electron chi connectivity index (χ2n) is 4.24. The summed E-state index contributed by atoms with van der Waals surface area (Å²) in [6.07, 6.45) is 2.51. The van der Waals surface area contributed by atoms with Crippen molar-refractivity contribution in [2.24, 2.45) is 0 Å². The molecule has 19 heavy (non-hydrogen) atoms. The van der Waals surface area contributed by atoms with Gasteiger partial charge in [0.15, 0.2) is 5.82 Å². The number of anilines is 1. The zero-order valence-corrected chi connectivity index (χ0v) is 13.1. The normalized spacial score (nSPS) is 14.1. The number of aromatic nitrogens is 2. The Labute approximate surface area is 121 Å². The van der Waals surface area contributed by atoms with E-state index in [0.717, 1.165) is 6.42 Å². The summed E-state index contributed by atoms with van der Waals surface area (Å²) in [5.74, 6) is 1.89. The Bertz CT molecular complexity index is 431. The highest BCUT2D eigenvalue weighted by Crippen LogP contribution is 2.14. The van der Waals surface area contributed by atoms with Gasteiger partial charge in [0.2, 0.25) is 0 Å². The van der Waals surface area contributed by atoms with Gasteiger partial charge in [0.05, 0.1) is 0 Å². The van der Waals surface area contributed by atoms with Crippen LogP contribution in [0.15, 0.2) is 6.07 Å². The monoisotopic (exact) mass is 305 g/mol. The maximum atomic E-state index is 11.0. The largest absolute Gasteiger partial charge is 0.374 e. The Balaban J connectivity index is 2.61. The van der Waals surface area contributed by atoms with E-state index in [4.69, 9.17) is 16.3 Å². The Morgan fingerprint density at radius 1 is 1.53 bits per heavy atom. The van der Waals surface area contributed by atoms with Crippen molar-refractivity contribution in [3.8, 4) is 0 Å². The van der Waals surface area contributed by atoms with Crippen LogP contribution in [0.3, 0.4) is 0 Å². The molecule has 2 atom stereocenters. The molecule has 0 aliphatic carbocycles. The average molecular weight is 306 g/mol. The lowest BCUT2D eigenvalue weighted by atomic mass is 10.2. The smallest absolute Gasteiger partial charge is 0.158 e. The lowest BCUT2D eigenvalue weighted by Crippen LogP contribution is -2.19. The molecule has 0 spiro atoms. The van der Waals surface area contributed by atoms with Crippen molar-refractivity contribution >= 4 is 28.2 Å². The summed E-state index contributed by atoms with van der Waals surface area (Å²) in [5, 5.41) is 3.62. The first-order valence-corrected chi connectivity index (χ1v) is 8.29. The molecular weight excluding hydrogens is 286 g/mol. The van der Waals surface area contributed by atoms with E-state index in [1.54, 1.807) is 12.3 Å². The minimum Gasteiger partial charge on any atom is -0.374 e. The predicted octanol–water partition coefficient (Wildman–Crippen LogP) is 2.24. The van der Waals surface area contributed by atoms with Crippen molar-refractivity contribution in [3.05, 3.63) is 17.0 Å². The van der Waals surface area contributed by atoms with Gasteiger partial charge >= 0.3 is 0 Å². The molecule has 1 aromatic rings. The summed E-state index contributed by atoms with van der Waals surface area (Å²) in [6.45, 7) is 4.89. The van der Waals surface area contributed by atoms with E-state index in [-0.39, 0.29) is 6.04 Å². The molecule has 1 heterocycles. The minimum atomic E-state index is -0.776. The molecule has 0 aliphatic rings. The number of hydrogen-bond acceptors (Lipinski definition) is 5. The first-order valence-electron chi connectivity index (χ1n) is 6.19. The van der Waals surface area contributed by atoms with Gasteiger partial charge in [-0.1, -0.05) is 11.6 Å². The fourth-order valence-electron chi connectivity index (χ4n) is 1.46. The fraction of sp³-hybridized carbons (Fsp3) is 0.667. The van der Waals surface area contributed by atoms with Crippen LogP contribution in [0.25, 0.3) is 0 Å². The van der Waals surface area contributed by atoms with Crippen LogP contribution in [0.5, 0.6) is 0 Å². The van der Waals surface area contributed by atoms with Gasteiger partial charge in [-0.05, 0) is 20.3 Å². The Kier molecular flexibility index (Phi) is 7.27. The van der Waals surface area contributed by atoms with Crippen LogP contribution in [0, 0.1) is 0 Å². The van der Waals surface area contributed by atoms with E-state index in [9.17, 15) is 4.21 Å². The Morgan fingerprint density at radius 2 is 2.26 bits per heavy atom. The Morgan fingerprint density at radius 3 is 2.89 bits per heavy atom. The lowest BCUT2D eigenvalue weighted by molar-refractivity contribution is 0.128. The van der Waals surface area contributed by atoms with Crippen molar-refractivity contribution in [2.45, 2.75) is 32.9 Å². The molecule has 0 fully saturated rings. The summed E-state index contributed by atoms with van der Waals surface area (Å²) in [6, 6.07) is 1.85. The van der Waals surface area contributed by atoms with Crippen molar-refractivity contribution in [1.82, 2.24) is 9.97 Å². The van der Waals surface area contributed by atoms with Crippen molar-refractivity contribution < 1.29 is 8.95 Å². The third-order valence-electron chi connectivity index (χ3n) is 2.41. The van der Waals surface area contributed by atoms with Crippen LogP contribution in [0.4, 0.5) is 5.82 Å². The summed E-state index contributed by atoms with van der Waals surface area (Å²) in [4.78, 5) is 8.42. The number of halogens is 1. The van der Waals surface area contributed by atoms with Crippen LogP contribution in [-0.4, -0.2) is 38.8 Å². The van der Waals surface area contributed by atoms with E-state index in [0.29, 0.717) is 35.8 Å². The van der Waals surface area contributed by atoms with Crippen LogP contribution in [0.1, 0.15) is 26.1 Å². The molecule has 1 aromatic heterocycles. The van der Waals surface area contributed by atoms with E-state index in [2.05, 4.69) is 15.3 Å². The highest BCUT2D eigenvalue weighted by atomic mass is 35.5. The minimum absolute atomic E-state index is 0.176. The standard InChI is InChI=1S/C12H20ClN3O2S/c1-4-18-8-12-15-10(13)7-11(16-12)14-9(2)5-6-19(3)17/h7,9H,4-6,8H2,1-3H3,(H,14,15,16). The topological polar surface area (TPSA) is 64.1 Å². The fourth-order valence-corrected chi connectivity index (χ4v) is 2.35. The molecule has 0 bridgehead atoms. The lowest BCUT2D eigenvalue weighted by Gasteiger charge is -2.14. The van der Waals surface area contributed by atoms with Gasteiger partial charge in [0, 0.05) is 41.5 Å². The molecule has 0 aromatic carbocycles. The quantitative estimate of drug-likeness (QED) is 0.746. The van der Waals surface area contributed by atoms with Crippen molar-refractivity contribution in [1.29, 1.82) is 0 Å². The predicted molar refractivity (Wildman–Crippen MR) is 79.0 cm³/mol. The van der Waals surface area contributed by atoms with Crippen molar-refractivity contribution in [3.63, 3.8) is 0 Å². The first kappa shape index (κ1) is 16.3. The molecule has 7 heteroatoms. The molecule has 0 saturated carbocycles. The summed E-state index contributed by atoms with van der Waals surface area (Å²) >= 11 is 5.94. The van der Waals surface area contributed by atoms with Gasteiger partial charge in [0.25, 0.3) is 0 Å². The number of nitrogens with zero attached hydrogens (tertiary/aromatic N) is 2. The van der Waals surface area contributed by atoms with Crippen LogP contribution >= 0.6 is 11.6 Å². The second kappa shape index (κ2) is 8.45. The van der Waals surface area contributed by atoms with Crippen LogP contribution < -0.4 is 5.32 Å². The third kappa shape index (κ3) is 6.84. The number of ether oxygens (including phenoxy) is 1. The molecule has 5 nitrogen and oxygen atoms in total. The van der Waals surface area contributed by atoms with Crippen LogP contribution in [0.2, 0.25) is 5.15 Å². The van der Waals surface area contributed by atoms with Gasteiger partial charge in [-0.3, -0.25) is 4.21 Å². The van der Waals surface area contributed by atoms with Gasteiger partial charge in [-0.2, -0.15) is 0 Å². The maximum absolute atomic E-state index is 11.0. The highest BCUT2D eigenvalue weighted by molar-refractivity contribution is 7.84. The van der Waals surface area contributed by atoms with Gasteiger partial charge in [-0.25, -0.2) is 9.97 Å². The van der Waals surface area contributed by atoms with Gasteiger partial charge < -0.3 is 10.1 Å². The molecule has 0 saturated heterocycles. The van der Waals surface area contributed by atoms with Gasteiger partial charge in [0.1, 0.15) is 17.6 Å². The molecular formula is C12H20ClN3O2S. The van der Waals surface area contributed by atoms with Crippen LogP contribution in [-0.2, 0) is 22.1 Å². The van der Waals surface area contributed by atoms with Gasteiger partial charge in [-0.15, -0.1) is 0 Å². The molecule has 0 aliphatic heterocycles. The first-order chi connectivity index (χ1) is 9.01. The zero-order chi connectivity index (χ0) is 14.3. The van der Waals surface area contributed by atoms with E-state index in [1.807, 2.05) is 13.8 Å². The second-order valence-corrected chi connectivity index (χ2v) is 6.18. The molecule has 1 N–H and O–H groups in total. The Hall–Kier alpha value is -0.720.